The van der Waals surface area contributed by atoms with Crippen molar-refractivity contribution >= 4 is 38.9 Å². The van der Waals surface area contributed by atoms with Crippen molar-refractivity contribution in [3.05, 3.63) is 53.1 Å². The van der Waals surface area contributed by atoms with Crippen LogP contribution in [0.25, 0.3) is 0 Å². The van der Waals surface area contributed by atoms with Crippen molar-refractivity contribution in [2.24, 2.45) is 0 Å². The topological polar surface area (TPSA) is 75.7 Å². The SMILES string of the molecule is CC[C@@H](C(=O)Nc1cccc(OC(C)C)c1)N(c1cc(Cl)ccc1C)S(C)(=O)=O. The molecule has 2 rings (SSSR count). The minimum absolute atomic E-state index is 0.00382. The molecule has 0 aliphatic carbocycles. The first-order valence-corrected chi connectivity index (χ1v) is 11.6. The smallest absolute Gasteiger partial charge is 0.248 e. The third kappa shape index (κ3) is 6.11. The maximum absolute atomic E-state index is 13.0. The minimum Gasteiger partial charge on any atom is -0.491 e. The summed E-state index contributed by atoms with van der Waals surface area (Å²) in [5, 5.41) is 3.20. The van der Waals surface area contributed by atoms with Gasteiger partial charge in [0.05, 0.1) is 18.0 Å². The van der Waals surface area contributed by atoms with Crippen molar-refractivity contribution in [3.8, 4) is 5.75 Å². The molecule has 6 nitrogen and oxygen atoms in total. The van der Waals surface area contributed by atoms with Crippen LogP contribution < -0.4 is 14.4 Å². The number of hydrogen-bond donors (Lipinski definition) is 1. The minimum atomic E-state index is -3.74. The van der Waals surface area contributed by atoms with E-state index in [4.69, 9.17) is 16.3 Å². The summed E-state index contributed by atoms with van der Waals surface area (Å²) in [4.78, 5) is 13.0. The lowest BCUT2D eigenvalue weighted by Crippen LogP contribution is -2.47. The van der Waals surface area contributed by atoms with Crippen molar-refractivity contribution in [1.82, 2.24) is 0 Å². The molecule has 0 spiro atoms. The van der Waals surface area contributed by atoms with Crippen LogP contribution in [-0.4, -0.2) is 32.7 Å². The number of ether oxygens (including phenoxy) is 1. The molecule has 0 aromatic heterocycles. The molecule has 0 bridgehead atoms. The van der Waals surface area contributed by atoms with E-state index in [1.807, 2.05) is 13.8 Å². The van der Waals surface area contributed by atoms with Crippen LogP contribution in [-0.2, 0) is 14.8 Å². The second-order valence-corrected chi connectivity index (χ2v) is 9.39. The van der Waals surface area contributed by atoms with Gasteiger partial charge in [0, 0.05) is 16.8 Å². The molecule has 8 heteroatoms. The molecular formula is C21H27ClN2O4S. The van der Waals surface area contributed by atoms with Crippen LogP contribution in [0, 0.1) is 6.92 Å². The fourth-order valence-electron chi connectivity index (χ4n) is 3.00. The Bertz CT molecular complexity index is 976. The van der Waals surface area contributed by atoms with Crippen molar-refractivity contribution in [1.29, 1.82) is 0 Å². The molecule has 0 aliphatic heterocycles. The Morgan fingerprint density at radius 1 is 1.21 bits per heavy atom. The number of carbonyl (C=O) groups excluding carboxylic acids is 1. The molecule has 0 unspecified atom stereocenters. The van der Waals surface area contributed by atoms with Gasteiger partial charge in [-0.1, -0.05) is 30.7 Å². The van der Waals surface area contributed by atoms with Gasteiger partial charge in [-0.25, -0.2) is 8.42 Å². The number of nitrogens with zero attached hydrogens (tertiary/aromatic N) is 1. The number of benzene rings is 2. The Kier molecular flexibility index (Phi) is 7.54. The Morgan fingerprint density at radius 3 is 2.48 bits per heavy atom. The number of aryl methyl sites for hydroxylation is 1. The Balaban J connectivity index is 2.38. The van der Waals surface area contributed by atoms with Gasteiger partial charge < -0.3 is 10.1 Å². The summed E-state index contributed by atoms with van der Waals surface area (Å²) in [5.74, 6) is 0.190. The summed E-state index contributed by atoms with van der Waals surface area (Å²) in [6, 6.07) is 11.0. The molecule has 0 fully saturated rings. The summed E-state index contributed by atoms with van der Waals surface area (Å²) < 4.78 is 32.0. The summed E-state index contributed by atoms with van der Waals surface area (Å²) in [6.07, 6.45) is 1.36. The third-order valence-electron chi connectivity index (χ3n) is 4.21. The van der Waals surface area contributed by atoms with E-state index >= 15 is 0 Å². The zero-order valence-corrected chi connectivity index (χ0v) is 18.8. The van der Waals surface area contributed by atoms with Crippen LogP contribution in [0.1, 0.15) is 32.8 Å². The highest BCUT2D eigenvalue weighted by molar-refractivity contribution is 7.92. The molecule has 2 aromatic carbocycles. The second-order valence-electron chi connectivity index (χ2n) is 7.10. The lowest BCUT2D eigenvalue weighted by atomic mass is 10.1. The van der Waals surface area contributed by atoms with Crippen LogP contribution >= 0.6 is 11.6 Å². The largest absolute Gasteiger partial charge is 0.491 e. The van der Waals surface area contributed by atoms with E-state index in [-0.39, 0.29) is 12.5 Å². The maximum Gasteiger partial charge on any atom is 0.248 e. The van der Waals surface area contributed by atoms with E-state index in [2.05, 4.69) is 5.32 Å². The van der Waals surface area contributed by atoms with E-state index in [0.717, 1.165) is 10.6 Å². The van der Waals surface area contributed by atoms with Crippen molar-refractivity contribution < 1.29 is 17.9 Å². The number of carbonyl (C=O) groups is 1. The Labute approximate surface area is 177 Å². The van der Waals surface area contributed by atoms with Gasteiger partial charge in [0.2, 0.25) is 15.9 Å². The predicted octanol–water partition coefficient (Wildman–Crippen LogP) is 4.62. The quantitative estimate of drug-likeness (QED) is 0.652. The third-order valence-corrected chi connectivity index (χ3v) is 5.61. The van der Waals surface area contributed by atoms with Crippen LogP contribution in [0.5, 0.6) is 5.75 Å². The summed E-state index contributed by atoms with van der Waals surface area (Å²) >= 11 is 6.09. The molecule has 158 valence electrons. The molecular weight excluding hydrogens is 412 g/mol. The standard InChI is InChI=1S/C21H27ClN2O4S/c1-6-19(21(25)23-17-8-7-9-18(13-17)28-14(2)3)24(29(5,26)27)20-12-16(22)11-10-15(20)4/h7-14,19H,6H2,1-5H3,(H,23,25)/t19-/m0/s1. The van der Waals surface area contributed by atoms with Crippen LogP contribution in [0.2, 0.25) is 5.02 Å². The molecule has 0 heterocycles. The predicted molar refractivity (Wildman–Crippen MR) is 118 cm³/mol. The molecule has 29 heavy (non-hydrogen) atoms. The number of hydrogen-bond acceptors (Lipinski definition) is 4. The molecule has 2 aromatic rings. The average Bonchev–Trinajstić information content (AvgIpc) is 2.60. The first-order chi connectivity index (χ1) is 13.5. The van der Waals surface area contributed by atoms with Gasteiger partial charge >= 0.3 is 0 Å². The monoisotopic (exact) mass is 438 g/mol. The first-order valence-electron chi connectivity index (χ1n) is 9.36. The van der Waals surface area contributed by atoms with Crippen LogP contribution in [0.3, 0.4) is 0 Å². The van der Waals surface area contributed by atoms with Gasteiger partial charge in [-0.2, -0.15) is 0 Å². The number of anilines is 2. The number of sulfonamides is 1. The molecule has 1 atom stereocenters. The highest BCUT2D eigenvalue weighted by Gasteiger charge is 2.32. The fourth-order valence-corrected chi connectivity index (χ4v) is 4.43. The van der Waals surface area contributed by atoms with Crippen LogP contribution in [0.4, 0.5) is 11.4 Å². The van der Waals surface area contributed by atoms with E-state index in [1.165, 1.54) is 0 Å². The second kappa shape index (κ2) is 9.50. The van der Waals surface area contributed by atoms with Gasteiger partial charge in [0.15, 0.2) is 0 Å². The van der Waals surface area contributed by atoms with Crippen molar-refractivity contribution in [3.63, 3.8) is 0 Å². The van der Waals surface area contributed by atoms with Gasteiger partial charge in [-0.15, -0.1) is 0 Å². The highest BCUT2D eigenvalue weighted by atomic mass is 35.5. The van der Waals surface area contributed by atoms with Crippen LogP contribution in [0.15, 0.2) is 42.5 Å². The van der Waals surface area contributed by atoms with Gasteiger partial charge in [0.1, 0.15) is 11.8 Å². The number of rotatable bonds is 8. The number of nitrogens with one attached hydrogen (secondary N) is 1. The molecule has 1 N–H and O–H groups in total. The van der Waals surface area contributed by atoms with Gasteiger partial charge in [-0.3, -0.25) is 9.10 Å². The van der Waals surface area contributed by atoms with E-state index in [1.54, 1.807) is 56.3 Å². The molecule has 0 radical (unpaired) electrons. The summed E-state index contributed by atoms with van der Waals surface area (Å²) in [6.45, 7) is 7.37. The highest BCUT2D eigenvalue weighted by Crippen LogP contribution is 2.30. The molecule has 0 saturated carbocycles. The van der Waals surface area contributed by atoms with Gasteiger partial charge in [0.25, 0.3) is 0 Å². The summed E-state index contributed by atoms with van der Waals surface area (Å²) in [5.41, 5.74) is 1.63. The van der Waals surface area contributed by atoms with E-state index in [9.17, 15) is 13.2 Å². The summed E-state index contributed by atoms with van der Waals surface area (Å²) in [7, 11) is -3.74. The molecule has 1 amide bonds. The van der Waals surface area contributed by atoms with Gasteiger partial charge in [-0.05, 0) is 57.0 Å². The lowest BCUT2D eigenvalue weighted by Gasteiger charge is -2.31. The zero-order valence-electron chi connectivity index (χ0n) is 17.3. The lowest BCUT2D eigenvalue weighted by molar-refractivity contribution is -0.117. The number of amides is 1. The molecule has 0 aliphatic rings. The Morgan fingerprint density at radius 2 is 1.90 bits per heavy atom. The fraction of sp³-hybridized carbons (Fsp3) is 0.381. The number of halogens is 1. The van der Waals surface area contributed by atoms with Crippen molar-refractivity contribution in [2.45, 2.75) is 46.3 Å². The zero-order chi connectivity index (χ0) is 21.8. The van der Waals surface area contributed by atoms with E-state index in [0.29, 0.717) is 27.7 Å². The Hall–Kier alpha value is -2.25. The average molecular weight is 439 g/mol. The van der Waals surface area contributed by atoms with E-state index < -0.39 is 22.0 Å². The maximum atomic E-state index is 13.0. The molecule has 0 saturated heterocycles. The first kappa shape index (κ1) is 23.0. The normalized spacial score (nSPS) is 12.5. The van der Waals surface area contributed by atoms with Crippen molar-refractivity contribution in [2.75, 3.05) is 15.9 Å².